The molecule has 4 rings (SSSR count). The third-order valence-electron chi connectivity index (χ3n) is 4.66. The quantitative estimate of drug-likeness (QED) is 0.266. The highest BCUT2D eigenvalue weighted by molar-refractivity contribution is 9.10. The highest BCUT2D eigenvalue weighted by atomic mass is 79.9. The predicted octanol–water partition coefficient (Wildman–Crippen LogP) is 6.58. The number of thiocarbonyl (C=S) groups is 1. The summed E-state index contributed by atoms with van der Waals surface area (Å²) in [4.78, 5) is 15.0. The lowest BCUT2D eigenvalue weighted by Crippen LogP contribution is -2.27. The van der Waals surface area contributed by atoms with Crippen molar-refractivity contribution in [1.29, 1.82) is 0 Å². The van der Waals surface area contributed by atoms with Crippen LogP contribution in [0, 0.1) is 5.82 Å². The van der Waals surface area contributed by atoms with Crippen molar-refractivity contribution in [1.82, 2.24) is 0 Å². The van der Waals surface area contributed by atoms with Crippen LogP contribution in [-0.4, -0.2) is 17.3 Å². The van der Waals surface area contributed by atoms with Gasteiger partial charge in [0.05, 0.1) is 17.7 Å². The molecule has 1 fully saturated rings. The Morgan fingerprint density at radius 1 is 1.09 bits per heavy atom. The molecule has 1 aliphatic rings. The molecule has 1 saturated heterocycles. The molecule has 1 aliphatic heterocycles. The fraction of sp³-hybridized carbons (Fsp3) is 0.0833. The minimum absolute atomic E-state index is 0.177. The molecule has 3 aromatic rings. The van der Waals surface area contributed by atoms with E-state index in [2.05, 4.69) is 15.9 Å². The zero-order chi connectivity index (χ0) is 22.7. The van der Waals surface area contributed by atoms with Gasteiger partial charge in [0.25, 0.3) is 5.91 Å². The summed E-state index contributed by atoms with van der Waals surface area (Å²) in [5.74, 6) is 0.498. The van der Waals surface area contributed by atoms with Crippen LogP contribution in [0.2, 0.25) is 0 Å². The Bertz CT molecular complexity index is 1220. The molecular formula is C24H17BrFNO3S2. The maximum atomic E-state index is 13.4. The number of amides is 1. The van der Waals surface area contributed by atoms with Crippen molar-refractivity contribution in [2.24, 2.45) is 0 Å². The van der Waals surface area contributed by atoms with Crippen LogP contribution >= 0.6 is 39.9 Å². The largest absolute Gasteiger partial charge is 0.493 e. The van der Waals surface area contributed by atoms with E-state index in [0.29, 0.717) is 26.3 Å². The van der Waals surface area contributed by atoms with Crippen molar-refractivity contribution in [2.75, 3.05) is 12.0 Å². The summed E-state index contributed by atoms with van der Waals surface area (Å²) in [7, 11) is 1.54. The Hall–Kier alpha value is -2.68. The number of hydrogen-bond donors (Lipinski definition) is 0. The van der Waals surface area contributed by atoms with Gasteiger partial charge in [-0.3, -0.25) is 9.69 Å². The maximum absolute atomic E-state index is 13.4. The van der Waals surface area contributed by atoms with E-state index in [0.717, 1.165) is 15.7 Å². The summed E-state index contributed by atoms with van der Waals surface area (Å²) in [5, 5.41) is 0. The first kappa shape index (κ1) is 22.5. The minimum Gasteiger partial charge on any atom is -0.493 e. The Morgan fingerprint density at radius 3 is 2.59 bits per heavy atom. The van der Waals surface area contributed by atoms with E-state index >= 15 is 0 Å². The van der Waals surface area contributed by atoms with Gasteiger partial charge in [-0.25, -0.2) is 4.39 Å². The molecule has 0 N–H and O–H groups in total. The van der Waals surface area contributed by atoms with Crippen LogP contribution in [0.3, 0.4) is 0 Å². The SMILES string of the molecule is COc1cc(/C=C2/SC(=S)N(c3ccccc3)C2=O)c(Br)cc1OCc1cccc(F)c1. The van der Waals surface area contributed by atoms with E-state index in [1.807, 2.05) is 30.3 Å². The topological polar surface area (TPSA) is 38.8 Å². The molecule has 0 unspecified atom stereocenters. The highest BCUT2D eigenvalue weighted by Crippen LogP contribution is 2.39. The highest BCUT2D eigenvalue weighted by Gasteiger charge is 2.33. The van der Waals surface area contributed by atoms with Crippen LogP contribution in [0.1, 0.15) is 11.1 Å². The van der Waals surface area contributed by atoms with Crippen molar-refractivity contribution in [3.8, 4) is 11.5 Å². The number of carbonyl (C=O) groups excluding carboxylic acids is 1. The molecule has 0 spiro atoms. The van der Waals surface area contributed by atoms with Crippen molar-refractivity contribution in [3.05, 3.63) is 93.1 Å². The molecule has 4 nitrogen and oxygen atoms in total. The van der Waals surface area contributed by atoms with E-state index < -0.39 is 0 Å². The molecule has 0 aliphatic carbocycles. The molecular weight excluding hydrogens is 513 g/mol. The predicted molar refractivity (Wildman–Crippen MR) is 134 cm³/mol. The molecule has 0 radical (unpaired) electrons. The van der Waals surface area contributed by atoms with Gasteiger partial charge < -0.3 is 9.47 Å². The second-order valence-corrected chi connectivity index (χ2v) is 9.33. The van der Waals surface area contributed by atoms with Crippen LogP contribution in [-0.2, 0) is 11.4 Å². The molecule has 32 heavy (non-hydrogen) atoms. The average molecular weight is 530 g/mol. The van der Waals surface area contributed by atoms with Crippen LogP contribution in [0.15, 0.2) is 76.1 Å². The van der Waals surface area contributed by atoms with E-state index in [1.54, 1.807) is 30.3 Å². The monoisotopic (exact) mass is 529 g/mol. The van der Waals surface area contributed by atoms with Gasteiger partial charge in [0, 0.05) is 4.47 Å². The molecule has 0 atom stereocenters. The van der Waals surface area contributed by atoms with E-state index in [4.69, 9.17) is 21.7 Å². The summed E-state index contributed by atoms with van der Waals surface area (Å²) in [6, 6.07) is 19.1. The fourth-order valence-electron chi connectivity index (χ4n) is 3.13. The number of thioether (sulfide) groups is 1. The molecule has 1 amide bonds. The second-order valence-electron chi connectivity index (χ2n) is 6.80. The molecule has 1 heterocycles. The van der Waals surface area contributed by atoms with Gasteiger partial charge >= 0.3 is 0 Å². The van der Waals surface area contributed by atoms with Gasteiger partial charge in [0.2, 0.25) is 0 Å². The number of rotatable bonds is 6. The lowest BCUT2D eigenvalue weighted by molar-refractivity contribution is -0.113. The first-order valence-corrected chi connectivity index (χ1v) is 11.6. The van der Waals surface area contributed by atoms with Gasteiger partial charge in [-0.1, -0.05) is 70.2 Å². The van der Waals surface area contributed by atoms with E-state index in [1.165, 1.54) is 35.9 Å². The van der Waals surface area contributed by atoms with E-state index in [-0.39, 0.29) is 18.3 Å². The first-order valence-electron chi connectivity index (χ1n) is 9.54. The van der Waals surface area contributed by atoms with Gasteiger partial charge in [0.1, 0.15) is 12.4 Å². The van der Waals surface area contributed by atoms with Crippen LogP contribution < -0.4 is 14.4 Å². The molecule has 8 heteroatoms. The Balaban J connectivity index is 1.58. The first-order chi connectivity index (χ1) is 15.5. The molecule has 162 valence electrons. The number of methoxy groups -OCH3 is 1. The Morgan fingerprint density at radius 2 is 1.88 bits per heavy atom. The number of anilines is 1. The minimum atomic E-state index is -0.317. The standard InChI is InChI=1S/C24H17BrFNO3S2/c1-29-20-11-16(19(25)13-21(20)30-14-15-6-5-7-17(26)10-15)12-22-23(28)27(24(31)32-22)18-8-3-2-4-9-18/h2-13H,14H2,1H3/b22-12+. The summed E-state index contributed by atoms with van der Waals surface area (Å²) in [6.07, 6.45) is 1.77. The number of benzene rings is 3. The lowest BCUT2D eigenvalue weighted by atomic mass is 10.1. The molecule has 0 bridgehead atoms. The van der Waals surface area contributed by atoms with Crippen molar-refractivity contribution >= 4 is 61.9 Å². The normalized spacial score (nSPS) is 14.8. The fourth-order valence-corrected chi connectivity index (χ4v) is 4.86. The van der Waals surface area contributed by atoms with Gasteiger partial charge in [0.15, 0.2) is 15.8 Å². The smallest absolute Gasteiger partial charge is 0.270 e. The van der Waals surface area contributed by atoms with Crippen molar-refractivity contribution in [2.45, 2.75) is 6.61 Å². The second kappa shape index (κ2) is 9.85. The number of carbonyl (C=O) groups is 1. The van der Waals surface area contributed by atoms with Gasteiger partial charge in [-0.2, -0.15) is 0 Å². The van der Waals surface area contributed by atoms with Gasteiger partial charge in [-0.15, -0.1) is 0 Å². The van der Waals surface area contributed by atoms with Crippen molar-refractivity contribution < 1.29 is 18.7 Å². The number of ether oxygens (including phenoxy) is 2. The van der Waals surface area contributed by atoms with Crippen LogP contribution in [0.4, 0.5) is 10.1 Å². The third-order valence-corrected chi connectivity index (χ3v) is 6.65. The van der Waals surface area contributed by atoms with Gasteiger partial charge in [-0.05, 0) is 53.6 Å². The molecule has 0 saturated carbocycles. The number of hydrogen-bond acceptors (Lipinski definition) is 5. The summed E-state index contributed by atoms with van der Waals surface area (Å²) >= 11 is 10.2. The van der Waals surface area contributed by atoms with Crippen LogP contribution in [0.5, 0.6) is 11.5 Å². The van der Waals surface area contributed by atoms with Crippen molar-refractivity contribution in [3.63, 3.8) is 0 Å². The molecule has 3 aromatic carbocycles. The zero-order valence-corrected chi connectivity index (χ0v) is 20.1. The number of halogens is 2. The number of para-hydroxylation sites is 1. The summed E-state index contributed by atoms with van der Waals surface area (Å²) in [6.45, 7) is 0.190. The Kier molecular flexibility index (Phi) is 6.93. The Labute approximate surface area is 203 Å². The molecule has 0 aromatic heterocycles. The third kappa shape index (κ3) is 4.87. The summed E-state index contributed by atoms with van der Waals surface area (Å²) < 4.78 is 25.9. The lowest BCUT2D eigenvalue weighted by Gasteiger charge is -2.14. The average Bonchev–Trinajstić information content (AvgIpc) is 3.07. The van der Waals surface area contributed by atoms with Crippen LogP contribution in [0.25, 0.3) is 6.08 Å². The summed E-state index contributed by atoms with van der Waals surface area (Å²) in [5.41, 5.74) is 2.18. The van der Waals surface area contributed by atoms with E-state index in [9.17, 15) is 9.18 Å². The maximum Gasteiger partial charge on any atom is 0.270 e. The number of nitrogens with zero attached hydrogens (tertiary/aromatic N) is 1. The zero-order valence-electron chi connectivity index (χ0n) is 16.9.